The molecule has 0 aliphatic carbocycles. The topological polar surface area (TPSA) is 63.7 Å². The maximum absolute atomic E-state index is 13.4. The van der Waals surface area contributed by atoms with Crippen molar-refractivity contribution in [2.75, 3.05) is 18.0 Å². The number of carbonyl (C=O) groups excluding carboxylic acids is 1. The highest BCUT2D eigenvalue weighted by Crippen LogP contribution is 2.28. The number of carbonyl (C=O) groups is 1. The summed E-state index contributed by atoms with van der Waals surface area (Å²) in [6.07, 6.45) is 4.30. The van der Waals surface area contributed by atoms with E-state index < -0.39 is 10.0 Å². The maximum Gasteiger partial charge on any atom is 0.264 e. The highest BCUT2D eigenvalue weighted by molar-refractivity contribution is 7.92. The molecule has 0 saturated heterocycles. The Balaban J connectivity index is 2.03. The van der Waals surface area contributed by atoms with Gasteiger partial charge in [-0.1, -0.05) is 60.2 Å². The van der Waals surface area contributed by atoms with Crippen molar-refractivity contribution in [3.63, 3.8) is 0 Å². The van der Waals surface area contributed by atoms with Crippen LogP contribution in [0.15, 0.2) is 83.8 Å². The predicted octanol–water partition coefficient (Wildman–Crippen LogP) is 4.72. The third-order valence-electron chi connectivity index (χ3n) is 4.62. The number of aryl methyl sites for hydroxylation is 1. The molecular weight excluding hydrogens is 398 g/mol. The van der Waals surface area contributed by atoms with Crippen LogP contribution in [0.1, 0.15) is 21.5 Å². The second-order valence-corrected chi connectivity index (χ2v) is 8.57. The molecule has 0 N–H and O–H groups in total. The van der Waals surface area contributed by atoms with Crippen LogP contribution in [-0.4, -0.2) is 28.4 Å². The van der Waals surface area contributed by atoms with E-state index in [-0.39, 0.29) is 17.0 Å². The quantitative estimate of drug-likeness (QED) is 0.494. The predicted molar refractivity (Wildman–Crippen MR) is 120 cm³/mol. The molecule has 0 heterocycles. The minimum absolute atomic E-state index is 0.107. The summed E-state index contributed by atoms with van der Waals surface area (Å²) in [5.74, 6) is 0.390. The van der Waals surface area contributed by atoms with E-state index in [4.69, 9.17) is 4.74 Å². The fourth-order valence-electron chi connectivity index (χ4n) is 3.00. The second kappa shape index (κ2) is 9.41. The number of sulfonamides is 1. The van der Waals surface area contributed by atoms with Crippen molar-refractivity contribution >= 4 is 28.1 Å². The molecule has 0 amide bonds. The molecule has 0 radical (unpaired) electrons. The van der Waals surface area contributed by atoms with Gasteiger partial charge in [0, 0.05) is 0 Å². The lowest BCUT2D eigenvalue weighted by Gasteiger charge is -2.24. The summed E-state index contributed by atoms with van der Waals surface area (Å²) in [6.45, 7) is 2.01. The van der Waals surface area contributed by atoms with E-state index >= 15 is 0 Å². The van der Waals surface area contributed by atoms with Gasteiger partial charge in [-0.2, -0.15) is 0 Å². The Kier molecular flexibility index (Phi) is 6.69. The van der Waals surface area contributed by atoms with Crippen LogP contribution in [-0.2, 0) is 10.0 Å². The van der Waals surface area contributed by atoms with Gasteiger partial charge >= 0.3 is 0 Å². The van der Waals surface area contributed by atoms with Crippen molar-refractivity contribution in [1.82, 2.24) is 0 Å². The van der Waals surface area contributed by atoms with Crippen LogP contribution in [0.5, 0.6) is 5.75 Å². The number of nitrogens with zero attached hydrogens (tertiary/aromatic N) is 1. The molecule has 0 spiro atoms. The Bertz CT molecular complexity index is 1140. The van der Waals surface area contributed by atoms with Gasteiger partial charge in [0.25, 0.3) is 10.0 Å². The average Bonchev–Trinajstić information content (AvgIpc) is 2.77. The molecule has 6 heteroatoms. The second-order valence-electron chi connectivity index (χ2n) is 6.71. The number of ether oxygens (including phenoxy) is 1. The number of anilines is 1. The van der Waals surface area contributed by atoms with Crippen LogP contribution >= 0.6 is 0 Å². The molecular formula is C24H23NO4S. The Morgan fingerprint density at radius 1 is 0.967 bits per heavy atom. The van der Waals surface area contributed by atoms with Gasteiger partial charge in [0.05, 0.1) is 29.8 Å². The summed E-state index contributed by atoms with van der Waals surface area (Å²) < 4.78 is 33.3. The van der Waals surface area contributed by atoms with E-state index in [0.29, 0.717) is 17.7 Å². The first-order chi connectivity index (χ1) is 14.5. The molecule has 0 aliphatic rings. The highest BCUT2D eigenvalue weighted by Gasteiger charge is 2.24. The largest absolute Gasteiger partial charge is 0.496 e. The highest BCUT2D eigenvalue weighted by atomic mass is 32.2. The van der Waals surface area contributed by atoms with Crippen LogP contribution in [0.4, 0.5) is 5.69 Å². The van der Waals surface area contributed by atoms with Crippen molar-refractivity contribution < 1.29 is 17.9 Å². The fraction of sp³-hybridized carbons (Fsp3) is 0.125. The number of rotatable bonds is 8. The monoisotopic (exact) mass is 421 g/mol. The van der Waals surface area contributed by atoms with Gasteiger partial charge in [-0.25, -0.2) is 8.42 Å². The number of benzene rings is 3. The number of aldehydes is 1. The van der Waals surface area contributed by atoms with Crippen LogP contribution in [0.3, 0.4) is 0 Å². The summed E-state index contributed by atoms with van der Waals surface area (Å²) in [6, 6.07) is 21.1. The fourth-order valence-corrected chi connectivity index (χ4v) is 4.41. The molecule has 3 rings (SSSR count). The van der Waals surface area contributed by atoms with Gasteiger partial charge in [0.15, 0.2) is 6.29 Å². The Morgan fingerprint density at radius 3 is 2.30 bits per heavy atom. The van der Waals surface area contributed by atoms with Crippen molar-refractivity contribution in [3.8, 4) is 5.75 Å². The molecule has 30 heavy (non-hydrogen) atoms. The number of methoxy groups -OCH3 is 1. The normalized spacial score (nSPS) is 11.4. The average molecular weight is 422 g/mol. The van der Waals surface area contributed by atoms with E-state index in [1.807, 2.05) is 43.3 Å². The molecule has 3 aromatic rings. The zero-order valence-electron chi connectivity index (χ0n) is 16.9. The van der Waals surface area contributed by atoms with Gasteiger partial charge in [0.2, 0.25) is 0 Å². The van der Waals surface area contributed by atoms with Crippen molar-refractivity contribution in [1.29, 1.82) is 0 Å². The van der Waals surface area contributed by atoms with Crippen LogP contribution in [0.25, 0.3) is 6.08 Å². The third-order valence-corrected chi connectivity index (χ3v) is 6.43. The van der Waals surface area contributed by atoms with Crippen LogP contribution < -0.4 is 9.04 Å². The molecule has 0 atom stereocenters. The number of hydrogen-bond donors (Lipinski definition) is 0. The summed E-state index contributed by atoms with van der Waals surface area (Å²) in [7, 11) is -2.38. The Labute approximate surface area is 177 Å². The molecule has 0 bridgehead atoms. The molecule has 0 aromatic heterocycles. The first-order valence-corrected chi connectivity index (χ1v) is 10.8. The van der Waals surface area contributed by atoms with E-state index in [0.717, 1.165) is 11.1 Å². The molecule has 3 aromatic carbocycles. The minimum atomic E-state index is -3.84. The van der Waals surface area contributed by atoms with Crippen LogP contribution in [0, 0.1) is 6.92 Å². The Morgan fingerprint density at radius 2 is 1.67 bits per heavy atom. The zero-order valence-corrected chi connectivity index (χ0v) is 17.7. The third kappa shape index (κ3) is 4.78. The first-order valence-electron chi connectivity index (χ1n) is 9.40. The van der Waals surface area contributed by atoms with Crippen molar-refractivity contribution in [2.24, 2.45) is 0 Å². The maximum atomic E-state index is 13.4. The lowest BCUT2D eigenvalue weighted by atomic mass is 10.2. The first kappa shape index (κ1) is 21.3. The lowest BCUT2D eigenvalue weighted by molar-refractivity contribution is 0.112. The number of hydrogen-bond acceptors (Lipinski definition) is 4. The molecule has 0 saturated carbocycles. The smallest absolute Gasteiger partial charge is 0.264 e. The zero-order chi connectivity index (χ0) is 21.6. The lowest BCUT2D eigenvalue weighted by Crippen LogP contribution is -2.31. The van der Waals surface area contributed by atoms with E-state index in [1.54, 1.807) is 42.5 Å². The molecule has 0 unspecified atom stereocenters. The van der Waals surface area contributed by atoms with Crippen LogP contribution in [0.2, 0.25) is 0 Å². The van der Waals surface area contributed by atoms with E-state index in [1.165, 1.54) is 17.5 Å². The van der Waals surface area contributed by atoms with Gasteiger partial charge in [-0.05, 0) is 42.8 Å². The van der Waals surface area contributed by atoms with Gasteiger partial charge in [-0.3, -0.25) is 9.10 Å². The summed E-state index contributed by atoms with van der Waals surface area (Å²) in [4.78, 5) is 11.6. The minimum Gasteiger partial charge on any atom is -0.496 e. The SMILES string of the molecule is COc1ccc(N(C/C=C/c2ccccc2)S(=O)(=O)c2ccc(C)cc2)cc1C=O. The molecule has 5 nitrogen and oxygen atoms in total. The summed E-state index contributed by atoms with van der Waals surface area (Å²) in [5.41, 5.74) is 2.60. The van der Waals surface area contributed by atoms with Gasteiger partial charge in [0.1, 0.15) is 5.75 Å². The molecule has 154 valence electrons. The standard InChI is InChI=1S/C24H23NO4S/c1-19-10-13-23(14-11-19)30(27,28)25(16-6-9-20-7-4-3-5-8-20)22-12-15-24(29-2)21(17-22)18-26/h3-15,17-18H,16H2,1-2H3/b9-6+. The molecule has 0 fully saturated rings. The van der Waals surface area contributed by atoms with E-state index in [9.17, 15) is 13.2 Å². The Hall–Kier alpha value is -3.38. The summed E-state index contributed by atoms with van der Waals surface area (Å²) >= 11 is 0. The van der Waals surface area contributed by atoms with Gasteiger partial charge in [-0.15, -0.1) is 0 Å². The van der Waals surface area contributed by atoms with Crippen molar-refractivity contribution in [3.05, 3.63) is 95.6 Å². The molecule has 0 aliphatic heterocycles. The van der Waals surface area contributed by atoms with E-state index in [2.05, 4.69) is 0 Å². The van der Waals surface area contributed by atoms with Crippen molar-refractivity contribution in [2.45, 2.75) is 11.8 Å². The summed E-state index contributed by atoms with van der Waals surface area (Å²) in [5, 5.41) is 0. The van der Waals surface area contributed by atoms with Gasteiger partial charge < -0.3 is 4.74 Å².